The van der Waals surface area contributed by atoms with E-state index in [9.17, 15) is 14.4 Å². The van der Waals surface area contributed by atoms with Gasteiger partial charge in [0.2, 0.25) is 0 Å². The lowest BCUT2D eigenvalue weighted by molar-refractivity contribution is 0.563. The van der Waals surface area contributed by atoms with Crippen molar-refractivity contribution in [2.75, 3.05) is 17.2 Å². The van der Waals surface area contributed by atoms with Gasteiger partial charge in [-0.1, -0.05) is 33.3 Å². The number of hydrogen-bond acceptors (Lipinski definition) is 6. The van der Waals surface area contributed by atoms with Gasteiger partial charge < -0.3 is 10.6 Å². The van der Waals surface area contributed by atoms with E-state index in [0.29, 0.717) is 30.3 Å². The van der Waals surface area contributed by atoms with Gasteiger partial charge in [0.05, 0.1) is 12.2 Å². The fourth-order valence-corrected chi connectivity index (χ4v) is 3.69. The van der Waals surface area contributed by atoms with E-state index in [2.05, 4.69) is 23.8 Å². The largest absolute Gasteiger partial charge is 0.383 e. The summed E-state index contributed by atoms with van der Waals surface area (Å²) in [6, 6.07) is 5.18. The number of hydrogen-bond donors (Lipinski definition) is 2. The summed E-state index contributed by atoms with van der Waals surface area (Å²) in [5, 5.41) is 0. The van der Waals surface area contributed by atoms with Gasteiger partial charge in [0.25, 0.3) is 11.1 Å². The van der Waals surface area contributed by atoms with E-state index in [1.165, 1.54) is 15.0 Å². The number of nitrogens with two attached hydrogens (primary N) is 1. The van der Waals surface area contributed by atoms with Gasteiger partial charge in [-0.2, -0.15) is 0 Å². The molecule has 0 saturated carbocycles. The van der Waals surface area contributed by atoms with Crippen molar-refractivity contribution in [2.45, 2.75) is 60.0 Å². The molecular formula is C23H32N6O3. The van der Waals surface area contributed by atoms with E-state index in [1.807, 2.05) is 24.8 Å². The van der Waals surface area contributed by atoms with Crippen LogP contribution in [0.2, 0.25) is 0 Å². The maximum atomic E-state index is 12.8. The predicted molar refractivity (Wildman–Crippen MR) is 127 cm³/mol. The van der Waals surface area contributed by atoms with Gasteiger partial charge in [-0.25, -0.2) is 9.78 Å². The molecule has 0 saturated heterocycles. The number of anilines is 2. The average Bonchev–Trinajstić information content (AvgIpc) is 2.72. The third kappa shape index (κ3) is 4.92. The number of unbranched alkanes of at least 4 members (excludes halogenated alkanes) is 1. The molecule has 0 spiro atoms. The molecular weight excluding hydrogens is 408 g/mol. The van der Waals surface area contributed by atoms with Gasteiger partial charge in [-0.15, -0.1) is 0 Å². The highest BCUT2D eigenvalue weighted by Crippen LogP contribution is 2.21. The molecule has 3 heterocycles. The van der Waals surface area contributed by atoms with Gasteiger partial charge in [0.15, 0.2) is 0 Å². The normalized spacial score (nSPS) is 11.4. The first-order chi connectivity index (χ1) is 15.2. The van der Waals surface area contributed by atoms with E-state index in [4.69, 9.17) is 5.73 Å². The SMILES string of the molecule is CCCCn1c(N)c(N(CCC(C)C)Cc2cc(=O)n3cccc(C)c3n2)c(=O)[nH]c1=O. The quantitative estimate of drug-likeness (QED) is 0.527. The minimum absolute atomic E-state index is 0.143. The molecule has 172 valence electrons. The summed E-state index contributed by atoms with van der Waals surface area (Å²) in [4.78, 5) is 46.7. The van der Waals surface area contributed by atoms with Crippen molar-refractivity contribution in [3.05, 3.63) is 66.8 Å². The zero-order valence-corrected chi connectivity index (χ0v) is 19.2. The third-order valence-electron chi connectivity index (χ3n) is 5.53. The van der Waals surface area contributed by atoms with Crippen LogP contribution in [0.15, 0.2) is 38.8 Å². The maximum absolute atomic E-state index is 12.8. The van der Waals surface area contributed by atoms with Crippen LogP contribution in [0, 0.1) is 12.8 Å². The van der Waals surface area contributed by atoms with E-state index in [1.54, 1.807) is 12.3 Å². The summed E-state index contributed by atoms with van der Waals surface area (Å²) in [6.45, 7) is 9.30. The van der Waals surface area contributed by atoms with E-state index < -0.39 is 11.2 Å². The zero-order chi connectivity index (χ0) is 23.4. The van der Waals surface area contributed by atoms with Crippen LogP contribution >= 0.6 is 0 Å². The van der Waals surface area contributed by atoms with Crippen LogP contribution in [0.1, 0.15) is 51.3 Å². The predicted octanol–water partition coefficient (Wildman–Crippen LogP) is 2.29. The first-order valence-electron chi connectivity index (χ1n) is 11.1. The zero-order valence-electron chi connectivity index (χ0n) is 19.2. The first kappa shape index (κ1) is 23.3. The topological polar surface area (TPSA) is 118 Å². The molecule has 0 fully saturated rings. The van der Waals surface area contributed by atoms with Crippen molar-refractivity contribution in [3.8, 4) is 0 Å². The van der Waals surface area contributed by atoms with Gasteiger partial charge in [0.1, 0.15) is 17.2 Å². The Bertz CT molecular complexity index is 1270. The summed E-state index contributed by atoms with van der Waals surface area (Å²) >= 11 is 0. The highest BCUT2D eigenvalue weighted by Gasteiger charge is 2.20. The van der Waals surface area contributed by atoms with Gasteiger partial charge in [0, 0.05) is 25.4 Å². The number of H-pyrrole nitrogens is 1. The van der Waals surface area contributed by atoms with Crippen LogP contribution in [-0.4, -0.2) is 25.5 Å². The summed E-state index contributed by atoms with van der Waals surface area (Å²) in [6.07, 6.45) is 4.15. The highest BCUT2D eigenvalue weighted by atomic mass is 16.2. The van der Waals surface area contributed by atoms with Crippen molar-refractivity contribution in [2.24, 2.45) is 5.92 Å². The van der Waals surface area contributed by atoms with Gasteiger partial charge >= 0.3 is 5.69 Å². The molecule has 0 bridgehead atoms. The van der Waals surface area contributed by atoms with Crippen LogP contribution in [0.5, 0.6) is 0 Å². The second-order valence-electron chi connectivity index (χ2n) is 8.57. The lowest BCUT2D eigenvalue weighted by atomic mass is 10.1. The molecule has 3 aromatic heterocycles. The molecule has 0 aliphatic carbocycles. The lowest BCUT2D eigenvalue weighted by Crippen LogP contribution is -2.39. The summed E-state index contributed by atoms with van der Waals surface area (Å²) in [7, 11) is 0. The average molecular weight is 441 g/mol. The molecule has 0 amide bonds. The minimum atomic E-state index is -0.530. The minimum Gasteiger partial charge on any atom is -0.383 e. The fourth-order valence-electron chi connectivity index (χ4n) is 3.69. The number of nitrogens with one attached hydrogen (secondary N) is 1. The standard InChI is InChI=1S/C23H32N6O3/c1-5-6-10-29-20(24)19(22(31)26-23(29)32)27(12-9-15(2)3)14-17-13-18(30)28-11-7-8-16(4)21(28)25-17/h7-8,11,13,15H,5-6,9-10,12,14,24H2,1-4H3,(H,26,31,32). The lowest BCUT2D eigenvalue weighted by Gasteiger charge is -2.27. The smallest absolute Gasteiger partial charge is 0.330 e. The Morgan fingerprint density at radius 2 is 2.00 bits per heavy atom. The second kappa shape index (κ2) is 9.84. The van der Waals surface area contributed by atoms with Crippen LogP contribution < -0.4 is 27.4 Å². The Labute approximate surface area is 186 Å². The van der Waals surface area contributed by atoms with Crippen LogP contribution in [0.25, 0.3) is 5.65 Å². The van der Waals surface area contributed by atoms with E-state index in [-0.39, 0.29) is 23.6 Å². The van der Waals surface area contributed by atoms with Crippen molar-refractivity contribution < 1.29 is 0 Å². The number of pyridine rings is 1. The number of aromatic nitrogens is 4. The number of rotatable bonds is 9. The van der Waals surface area contributed by atoms with Crippen LogP contribution in [0.4, 0.5) is 11.5 Å². The Morgan fingerprint density at radius 1 is 1.25 bits per heavy atom. The third-order valence-corrected chi connectivity index (χ3v) is 5.53. The first-order valence-corrected chi connectivity index (χ1v) is 11.1. The van der Waals surface area contributed by atoms with Crippen molar-refractivity contribution in [1.29, 1.82) is 0 Å². The molecule has 0 aliphatic heterocycles. The molecule has 3 aromatic rings. The molecule has 0 aromatic carbocycles. The Kier molecular flexibility index (Phi) is 7.17. The molecule has 3 rings (SSSR count). The number of nitrogen functional groups attached to an aromatic ring is 1. The van der Waals surface area contributed by atoms with E-state index >= 15 is 0 Å². The van der Waals surface area contributed by atoms with Crippen molar-refractivity contribution in [1.82, 2.24) is 18.9 Å². The van der Waals surface area contributed by atoms with Crippen molar-refractivity contribution in [3.63, 3.8) is 0 Å². The molecule has 3 N–H and O–H groups in total. The number of nitrogens with zero attached hydrogens (tertiary/aromatic N) is 4. The Hall–Kier alpha value is -3.36. The van der Waals surface area contributed by atoms with Crippen LogP contribution in [-0.2, 0) is 13.1 Å². The number of aryl methyl sites for hydroxylation is 1. The van der Waals surface area contributed by atoms with Crippen LogP contribution in [0.3, 0.4) is 0 Å². The molecule has 9 heteroatoms. The molecule has 0 aliphatic rings. The molecule has 9 nitrogen and oxygen atoms in total. The maximum Gasteiger partial charge on any atom is 0.330 e. The summed E-state index contributed by atoms with van der Waals surface area (Å²) in [5.41, 5.74) is 7.36. The molecule has 0 unspecified atom stereocenters. The molecule has 0 radical (unpaired) electrons. The van der Waals surface area contributed by atoms with Gasteiger partial charge in [-0.05, 0) is 37.3 Å². The fraction of sp³-hybridized carbons (Fsp3) is 0.478. The number of aromatic amines is 1. The summed E-state index contributed by atoms with van der Waals surface area (Å²) < 4.78 is 2.92. The molecule has 32 heavy (non-hydrogen) atoms. The monoisotopic (exact) mass is 440 g/mol. The van der Waals surface area contributed by atoms with E-state index in [0.717, 1.165) is 24.8 Å². The summed E-state index contributed by atoms with van der Waals surface area (Å²) in [5.74, 6) is 0.533. The Morgan fingerprint density at radius 3 is 2.69 bits per heavy atom. The highest BCUT2D eigenvalue weighted by molar-refractivity contribution is 5.62. The van der Waals surface area contributed by atoms with Gasteiger partial charge in [-0.3, -0.25) is 23.5 Å². The van der Waals surface area contributed by atoms with Crippen molar-refractivity contribution >= 4 is 17.2 Å². The number of fused-ring (bicyclic) bond motifs is 1. The second-order valence-corrected chi connectivity index (χ2v) is 8.57. The Balaban J connectivity index is 2.10. The molecule has 0 atom stereocenters.